The first-order valence-corrected chi connectivity index (χ1v) is 5.45. The van der Waals surface area contributed by atoms with Gasteiger partial charge in [-0.1, -0.05) is 5.16 Å². The molecule has 2 N–H and O–H groups in total. The molecule has 0 unspecified atom stereocenters. The van der Waals surface area contributed by atoms with Crippen LogP contribution in [0.2, 0.25) is 0 Å². The summed E-state index contributed by atoms with van der Waals surface area (Å²) in [7, 11) is 2.23. The fraction of sp³-hybridized carbons (Fsp3) is 0.800. The summed E-state index contributed by atoms with van der Waals surface area (Å²) in [5.74, 6) is -0.332. The number of quaternary nitrogens is 1. The number of amides is 1. The lowest BCUT2D eigenvalue weighted by molar-refractivity contribution is -0.912. The van der Waals surface area contributed by atoms with Crippen LogP contribution in [0.1, 0.15) is 19.3 Å². The molecule has 6 heteroatoms. The van der Waals surface area contributed by atoms with Crippen LogP contribution in [0.5, 0.6) is 0 Å². The highest BCUT2D eigenvalue weighted by molar-refractivity contribution is 6.25. The predicted octanol–water partition coefficient (Wildman–Crippen LogP) is -2.80. The van der Waals surface area contributed by atoms with E-state index < -0.39 is 0 Å². The topological polar surface area (TPSA) is 61.7 Å². The summed E-state index contributed by atoms with van der Waals surface area (Å²) in [6, 6.07) is 0. The van der Waals surface area contributed by atoms with E-state index in [1.54, 1.807) is 0 Å². The van der Waals surface area contributed by atoms with E-state index in [1.807, 2.05) is 0 Å². The quantitative estimate of drug-likeness (QED) is 0.191. The lowest BCUT2D eigenvalue weighted by Gasteiger charge is -2.37. The number of likely N-dealkylation sites (tertiary alicyclic amines) is 1. The van der Waals surface area contributed by atoms with Gasteiger partial charge in [0.1, 0.15) is 6.21 Å². The Labute approximate surface area is 113 Å². The number of nitrogens with one attached hydrogen (secondary N) is 1. The van der Waals surface area contributed by atoms with Crippen molar-refractivity contribution in [3.63, 3.8) is 0 Å². The van der Waals surface area contributed by atoms with E-state index in [1.165, 1.54) is 32.4 Å². The number of carbonyl (C=O) groups excluding carboxylic acids is 1. The van der Waals surface area contributed by atoms with Gasteiger partial charge in [0.25, 0.3) is 5.91 Å². The molecule has 5 nitrogen and oxygen atoms in total. The first-order valence-electron chi connectivity index (χ1n) is 5.45. The monoisotopic (exact) mass is 341 g/mol. The van der Waals surface area contributed by atoms with Crippen LogP contribution >= 0.6 is 0 Å². The number of oxime groups is 1. The molecule has 1 amide bonds. The molecule has 0 aromatic carbocycles. The third-order valence-corrected chi connectivity index (χ3v) is 3.02. The summed E-state index contributed by atoms with van der Waals surface area (Å²) in [4.78, 5) is 11.0. The van der Waals surface area contributed by atoms with Crippen LogP contribution in [0.3, 0.4) is 0 Å². The number of carbonyl (C=O) groups is 1. The predicted molar refractivity (Wildman–Crippen MR) is 57.9 cm³/mol. The zero-order chi connectivity index (χ0) is 11.1. The Balaban J connectivity index is 0.00000225. The maximum absolute atomic E-state index is 11.0. The second kappa shape index (κ2) is 7.83. The Morgan fingerprint density at radius 1 is 1.44 bits per heavy atom. The van der Waals surface area contributed by atoms with E-state index in [2.05, 4.69) is 17.5 Å². The SMILES string of the molecule is C[N+]1(CCNC(=O)/C=N/O)CCCCC1.[I-]. The van der Waals surface area contributed by atoms with Crippen molar-refractivity contribution in [2.24, 2.45) is 5.16 Å². The van der Waals surface area contributed by atoms with Crippen molar-refractivity contribution >= 4 is 12.1 Å². The van der Waals surface area contributed by atoms with Crippen molar-refractivity contribution in [2.75, 3.05) is 33.2 Å². The van der Waals surface area contributed by atoms with E-state index in [0.717, 1.165) is 17.2 Å². The average Bonchev–Trinajstić information content (AvgIpc) is 2.19. The van der Waals surface area contributed by atoms with Gasteiger partial charge in [-0.3, -0.25) is 4.79 Å². The molecule has 0 bridgehead atoms. The van der Waals surface area contributed by atoms with Gasteiger partial charge in [0, 0.05) is 0 Å². The van der Waals surface area contributed by atoms with Crippen LogP contribution < -0.4 is 29.3 Å². The zero-order valence-electron chi connectivity index (χ0n) is 9.65. The number of hydrogen-bond acceptors (Lipinski definition) is 3. The van der Waals surface area contributed by atoms with Crippen molar-refractivity contribution in [1.29, 1.82) is 0 Å². The smallest absolute Gasteiger partial charge is 0.266 e. The van der Waals surface area contributed by atoms with E-state index in [9.17, 15) is 4.79 Å². The normalized spacial score (nSPS) is 19.1. The molecule has 0 radical (unpaired) electrons. The number of rotatable bonds is 4. The van der Waals surface area contributed by atoms with Crippen LogP contribution in [-0.2, 0) is 4.79 Å². The largest absolute Gasteiger partial charge is 1.00 e. The molecule has 0 aromatic rings. The van der Waals surface area contributed by atoms with Gasteiger partial charge in [0.2, 0.25) is 0 Å². The molecule has 16 heavy (non-hydrogen) atoms. The Hall–Kier alpha value is -0.370. The fourth-order valence-corrected chi connectivity index (χ4v) is 2.05. The van der Waals surface area contributed by atoms with Gasteiger partial charge < -0.3 is 39.0 Å². The van der Waals surface area contributed by atoms with Gasteiger partial charge in [0.15, 0.2) is 0 Å². The van der Waals surface area contributed by atoms with Crippen LogP contribution in [0.15, 0.2) is 5.16 Å². The summed E-state index contributed by atoms with van der Waals surface area (Å²) in [6.45, 7) is 3.99. The second-order valence-corrected chi connectivity index (χ2v) is 4.39. The lowest BCUT2D eigenvalue weighted by atomic mass is 10.1. The number of hydrogen-bond donors (Lipinski definition) is 2. The minimum Gasteiger partial charge on any atom is -1.00 e. The Kier molecular flexibility index (Phi) is 7.65. The fourth-order valence-electron chi connectivity index (χ4n) is 2.05. The molecule has 1 saturated heterocycles. The summed E-state index contributed by atoms with van der Waals surface area (Å²) >= 11 is 0. The summed E-state index contributed by atoms with van der Waals surface area (Å²) < 4.78 is 1.04. The minimum absolute atomic E-state index is 0. The highest BCUT2D eigenvalue weighted by Gasteiger charge is 2.23. The third kappa shape index (κ3) is 5.64. The lowest BCUT2D eigenvalue weighted by Crippen LogP contribution is -3.00. The number of halogens is 1. The van der Waals surface area contributed by atoms with E-state index in [0.29, 0.717) is 6.54 Å². The van der Waals surface area contributed by atoms with Gasteiger partial charge in [0.05, 0.1) is 33.2 Å². The minimum atomic E-state index is -0.332. The van der Waals surface area contributed by atoms with Crippen molar-refractivity contribution in [1.82, 2.24) is 5.32 Å². The maximum Gasteiger partial charge on any atom is 0.266 e. The second-order valence-electron chi connectivity index (χ2n) is 4.39. The van der Waals surface area contributed by atoms with Gasteiger partial charge in [-0.2, -0.15) is 0 Å². The summed E-state index contributed by atoms with van der Waals surface area (Å²) in [5.41, 5.74) is 0. The highest BCUT2D eigenvalue weighted by atomic mass is 127. The zero-order valence-corrected chi connectivity index (χ0v) is 11.8. The summed E-state index contributed by atoms with van der Waals surface area (Å²) in [5, 5.41) is 13.5. The molecule has 0 saturated carbocycles. The Morgan fingerprint density at radius 2 is 2.06 bits per heavy atom. The molecule has 1 rings (SSSR count). The van der Waals surface area contributed by atoms with Crippen molar-refractivity contribution in [3.05, 3.63) is 0 Å². The number of likely N-dealkylation sites (N-methyl/N-ethyl adjacent to an activating group) is 1. The average molecular weight is 341 g/mol. The molecule has 0 aromatic heterocycles. The first-order chi connectivity index (χ1) is 7.16. The summed E-state index contributed by atoms with van der Waals surface area (Å²) in [6.07, 6.45) is 4.78. The highest BCUT2D eigenvalue weighted by Crippen LogP contribution is 2.14. The molecule has 1 aliphatic rings. The number of nitrogens with zero attached hydrogens (tertiary/aromatic N) is 2. The molecule has 1 heterocycles. The van der Waals surface area contributed by atoms with E-state index >= 15 is 0 Å². The van der Waals surface area contributed by atoms with Gasteiger partial charge >= 0.3 is 0 Å². The molecule has 0 atom stereocenters. The molecule has 0 spiro atoms. The third-order valence-electron chi connectivity index (χ3n) is 3.02. The van der Waals surface area contributed by atoms with Crippen LogP contribution in [-0.4, -0.2) is 55.0 Å². The molecular weight excluding hydrogens is 321 g/mol. The van der Waals surface area contributed by atoms with Crippen molar-refractivity contribution < 1.29 is 38.5 Å². The maximum atomic E-state index is 11.0. The van der Waals surface area contributed by atoms with Gasteiger partial charge in [-0.25, -0.2) is 0 Å². The van der Waals surface area contributed by atoms with Crippen molar-refractivity contribution in [3.8, 4) is 0 Å². The molecule has 0 aliphatic carbocycles. The van der Waals surface area contributed by atoms with E-state index in [-0.39, 0.29) is 29.9 Å². The molecular formula is C10H20IN3O2. The van der Waals surface area contributed by atoms with E-state index in [4.69, 9.17) is 5.21 Å². The van der Waals surface area contributed by atoms with Crippen molar-refractivity contribution in [2.45, 2.75) is 19.3 Å². The van der Waals surface area contributed by atoms with Crippen LogP contribution in [0, 0.1) is 0 Å². The van der Waals surface area contributed by atoms with Crippen LogP contribution in [0.25, 0.3) is 0 Å². The van der Waals surface area contributed by atoms with Gasteiger partial charge in [-0.15, -0.1) is 0 Å². The molecule has 1 fully saturated rings. The standard InChI is InChI=1S/C10H19N3O2.HI/c1-13(6-3-2-4-7-13)8-5-11-10(14)9-12-15;/h9H,2-8H2,1H3,(H-,11,14,15);1H. The molecule has 94 valence electrons. The number of piperidine rings is 1. The Bertz CT molecular complexity index is 240. The first kappa shape index (κ1) is 15.6. The molecule has 1 aliphatic heterocycles. The van der Waals surface area contributed by atoms with Crippen LogP contribution in [0.4, 0.5) is 0 Å². The Morgan fingerprint density at radius 3 is 2.62 bits per heavy atom. The van der Waals surface area contributed by atoms with Gasteiger partial charge in [-0.05, 0) is 19.3 Å².